The third kappa shape index (κ3) is 4.32. The minimum atomic E-state index is -4.43. The second kappa shape index (κ2) is 7.22. The largest absolute Gasteiger partial charge is 0.434 e. The number of nitrogens with one attached hydrogen (secondary N) is 2. The van der Waals surface area contributed by atoms with Gasteiger partial charge >= 0.3 is 6.18 Å². The highest BCUT2D eigenvalue weighted by atomic mass is 32.1. The third-order valence-electron chi connectivity index (χ3n) is 4.36. The first kappa shape index (κ1) is 18.6. The zero-order valence-corrected chi connectivity index (χ0v) is 14.8. The molecule has 2 N–H and O–H groups in total. The maximum atomic E-state index is 13.4. The third-order valence-corrected chi connectivity index (χ3v) is 5.21. The molecule has 0 unspecified atom stereocenters. The van der Waals surface area contributed by atoms with Gasteiger partial charge in [0.25, 0.3) is 0 Å². The van der Waals surface area contributed by atoms with Gasteiger partial charge in [0.1, 0.15) is 10.8 Å². The van der Waals surface area contributed by atoms with E-state index in [1.54, 1.807) is 19.2 Å². The van der Waals surface area contributed by atoms with E-state index in [9.17, 15) is 17.6 Å². The summed E-state index contributed by atoms with van der Waals surface area (Å²) in [6.07, 6.45) is -2.54. The van der Waals surface area contributed by atoms with Crippen LogP contribution in [0.4, 0.5) is 17.6 Å². The maximum Gasteiger partial charge on any atom is 0.434 e. The van der Waals surface area contributed by atoms with Crippen molar-refractivity contribution in [3.63, 3.8) is 0 Å². The van der Waals surface area contributed by atoms with Gasteiger partial charge in [0, 0.05) is 24.4 Å². The van der Waals surface area contributed by atoms with Gasteiger partial charge in [-0.25, -0.2) is 9.37 Å². The van der Waals surface area contributed by atoms with Crippen LogP contribution in [0.1, 0.15) is 29.1 Å². The van der Waals surface area contributed by atoms with Gasteiger partial charge < -0.3 is 10.6 Å². The van der Waals surface area contributed by atoms with Crippen molar-refractivity contribution in [2.24, 2.45) is 4.99 Å². The molecule has 0 amide bonds. The molecule has 26 heavy (non-hydrogen) atoms. The van der Waals surface area contributed by atoms with Crippen molar-refractivity contribution in [1.29, 1.82) is 0 Å². The van der Waals surface area contributed by atoms with Crippen molar-refractivity contribution < 1.29 is 17.6 Å². The molecular formula is C17H18F4N4S. The number of benzene rings is 1. The summed E-state index contributed by atoms with van der Waals surface area (Å²) in [4.78, 5) is 7.65. The first-order valence-electron chi connectivity index (χ1n) is 8.05. The highest BCUT2D eigenvalue weighted by Gasteiger charge is 2.44. The van der Waals surface area contributed by atoms with Crippen LogP contribution in [0.3, 0.4) is 0 Å². The molecule has 4 nitrogen and oxygen atoms in total. The van der Waals surface area contributed by atoms with Gasteiger partial charge in [-0.05, 0) is 30.5 Å². The number of hydrogen-bond donors (Lipinski definition) is 2. The lowest BCUT2D eigenvalue weighted by molar-refractivity contribution is -0.140. The Hall–Kier alpha value is -2.16. The molecule has 1 aliphatic carbocycles. The van der Waals surface area contributed by atoms with E-state index in [0.717, 1.165) is 35.1 Å². The normalized spacial score (nSPS) is 16.4. The quantitative estimate of drug-likeness (QED) is 0.468. The second-order valence-corrected chi connectivity index (χ2v) is 7.14. The fourth-order valence-electron chi connectivity index (χ4n) is 2.69. The molecule has 1 saturated carbocycles. The average molecular weight is 386 g/mol. The average Bonchev–Trinajstić information content (AvgIpc) is 3.22. The topological polar surface area (TPSA) is 49.3 Å². The lowest BCUT2D eigenvalue weighted by Gasteiger charge is -2.19. The van der Waals surface area contributed by atoms with Crippen LogP contribution in [0, 0.1) is 5.82 Å². The van der Waals surface area contributed by atoms with Gasteiger partial charge in [-0.2, -0.15) is 13.2 Å². The van der Waals surface area contributed by atoms with Crippen molar-refractivity contribution in [3.05, 3.63) is 51.7 Å². The SMILES string of the molecule is CN=C(NCc1nc(C(F)(F)F)cs1)NCC1(c2cccc(F)c2)CC1. The van der Waals surface area contributed by atoms with Crippen LogP contribution in [-0.4, -0.2) is 24.5 Å². The van der Waals surface area contributed by atoms with Gasteiger partial charge in [0.05, 0.1) is 6.54 Å². The molecule has 1 aliphatic rings. The minimum Gasteiger partial charge on any atom is -0.356 e. The predicted octanol–water partition coefficient (Wildman–Crippen LogP) is 3.70. The summed E-state index contributed by atoms with van der Waals surface area (Å²) in [6, 6.07) is 6.55. The summed E-state index contributed by atoms with van der Waals surface area (Å²) in [5.41, 5.74) is -0.0647. The molecule has 140 valence electrons. The molecule has 2 aromatic rings. The van der Waals surface area contributed by atoms with Crippen LogP contribution in [0.15, 0.2) is 34.6 Å². The number of aromatic nitrogens is 1. The van der Waals surface area contributed by atoms with Gasteiger partial charge in [-0.1, -0.05) is 12.1 Å². The van der Waals surface area contributed by atoms with Crippen LogP contribution in [0.25, 0.3) is 0 Å². The number of halogens is 4. The van der Waals surface area contributed by atoms with Crippen LogP contribution in [0.5, 0.6) is 0 Å². The fourth-order valence-corrected chi connectivity index (χ4v) is 3.43. The molecule has 9 heteroatoms. The van der Waals surface area contributed by atoms with Crippen LogP contribution >= 0.6 is 11.3 Å². The smallest absolute Gasteiger partial charge is 0.356 e. The van der Waals surface area contributed by atoms with E-state index in [0.29, 0.717) is 17.5 Å². The summed E-state index contributed by atoms with van der Waals surface area (Å²) < 4.78 is 51.2. The first-order valence-corrected chi connectivity index (χ1v) is 8.92. The summed E-state index contributed by atoms with van der Waals surface area (Å²) >= 11 is 0.945. The molecule has 1 fully saturated rings. The highest BCUT2D eigenvalue weighted by molar-refractivity contribution is 7.09. The zero-order chi connectivity index (χ0) is 18.8. The van der Waals surface area contributed by atoms with Crippen LogP contribution in [-0.2, 0) is 18.1 Å². The number of rotatable bonds is 5. The minimum absolute atomic E-state index is 0.121. The Morgan fingerprint density at radius 2 is 2.08 bits per heavy atom. The Balaban J connectivity index is 1.55. The van der Waals surface area contributed by atoms with E-state index < -0.39 is 11.9 Å². The first-order chi connectivity index (χ1) is 12.3. The summed E-state index contributed by atoms with van der Waals surface area (Å²) in [5.74, 6) is 0.206. The zero-order valence-electron chi connectivity index (χ0n) is 14.0. The number of nitrogens with zero attached hydrogens (tertiary/aromatic N) is 2. The maximum absolute atomic E-state index is 13.4. The van der Waals surface area contributed by atoms with Gasteiger partial charge in [-0.3, -0.25) is 4.99 Å². The number of thiazole rings is 1. The summed E-state index contributed by atoms with van der Waals surface area (Å²) in [6.45, 7) is 0.717. The van der Waals surface area contributed by atoms with Crippen LogP contribution in [0.2, 0.25) is 0 Å². The highest BCUT2D eigenvalue weighted by Crippen LogP contribution is 2.47. The molecule has 0 saturated heterocycles. The Morgan fingerprint density at radius 1 is 1.31 bits per heavy atom. The summed E-state index contributed by atoms with van der Waals surface area (Å²) in [7, 11) is 1.58. The van der Waals surface area contributed by atoms with E-state index in [1.165, 1.54) is 6.07 Å². The predicted molar refractivity (Wildman–Crippen MR) is 92.6 cm³/mol. The number of hydrogen-bond acceptors (Lipinski definition) is 3. The van der Waals surface area contributed by atoms with E-state index >= 15 is 0 Å². The molecule has 3 rings (SSSR count). The lowest BCUT2D eigenvalue weighted by Crippen LogP contribution is -2.40. The molecule has 0 atom stereocenters. The second-order valence-electron chi connectivity index (χ2n) is 6.19. The van der Waals surface area contributed by atoms with Gasteiger partial charge in [-0.15, -0.1) is 11.3 Å². The lowest BCUT2D eigenvalue weighted by atomic mass is 9.96. The molecule has 0 aliphatic heterocycles. The molecular weight excluding hydrogens is 368 g/mol. The van der Waals surface area contributed by atoms with Crippen molar-refractivity contribution in [2.45, 2.75) is 31.0 Å². The van der Waals surface area contributed by atoms with Crippen molar-refractivity contribution in [2.75, 3.05) is 13.6 Å². The molecule has 0 bridgehead atoms. The summed E-state index contributed by atoms with van der Waals surface area (Å²) in [5, 5.41) is 7.45. The molecule has 0 radical (unpaired) electrons. The number of alkyl halides is 3. The molecule has 1 heterocycles. The Bertz CT molecular complexity index is 796. The monoisotopic (exact) mass is 386 g/mol. The van der Waals surface area contributed by atoms with E-state index in [1.807, 2.05) is 6.07 Å². The molecule has 1 aromatic carbocycles. The fraction of sp³-hybridized carbons (Fsp3) is 0.412. The molecule has 0 spiro atoms. The van der Waals surface area contributed by atoms with E-state index in [2.05, 4.69) is 20.6 Å². The molecule has 1 aromatic heterocycles. The Labute approximate surface area is 152 Å². The van der Waals surface area contributed by atoms with Crippen molar-refractivity contribution in [1.82, 2.24) is 15.6 Å². The Kier molecular flexibility index (Phi) is 5.17. The van der Waals surface area contributed by atoms with Crippen molar-refractivity contribution >= 4 is 17.3 Å². The standard InChI is InChI=1S/C17H18F4N4S/c1-22-15(23-8-14-25-13(9-26-14)17(19,20)21)24-10-16(5-6-16)11-3-2-4-12(18)7-11/h2-4,7,9H,5-6,8,10H2,1H3,(H2,22,23,24). The van der Waals surface area contributed by atoms with E-state index in [4.69, 9.17) is 0 Å². The van der Waals surface area contributed by atoms with Crippen molar-refractivity contribution in [3.8, 4) is 0 Å². The van der Waals surface area contributed by atoms with E-state index in [-0.39, 0.29) is 17.8 Å². The van der Waals surface area contributed by atoms with Crippen LogP contribution < -0.4 is 10.6 Å². The van der Waals surface area contributed by atoms with Gasteiger partial charge in [0.2, 0.25) is 0 Å². The van der Waals surface area contributed by atoms with Gasteiger partial charge in [0.15, 0.2) is 11.7 Å². The number of guanidine groups is 1. The Morgan fingerprint density at radius 3 is 2.65 bits per heavy atom. The number of aliphatic imine (C=N–C) groups is 1.